The van der Waals surface area contributed by atoms with Crippen molar-refractivity contribution in [3.8, 4) is 0 Å². The van der Waals surface area contributed by atoms with E-state index in [0.29, 0.717) is 12.5 Å². The van der Waals surface area contributed by atoms with Crippen LogP contribution in [0.25, 0.3) is 0 Å². The van der Waals surface area contributed by atoms with Crippen LogP contribution >= 0.6 is 0 Å². The summed E-state index contributed by atoms with van der Waals surface area (Å²) in [7, 11) is 0. The maximum atomic E-state index is 12.5. The third-order valence-corrected chi connectivity index (χ3v) is 3.79. The third kappa shape index (κ3) is 3.64. The first-order valence-corrected chi connectivity index (χ1v) is 7.43. The number of hydrogen-bond acceptors (Lipinski definition) is 4. The molecule has 0 aromatic rings. The molecule has 2 saturated heterocycles. The van der Waals surface area contributed by atoms with Gasteiger partial charge in [0.15, 0.2) is 0 Å². The Balaban J connectivity index is 2.05. The van der Waals surface area contributed by atoms with Crippen LogP contribution in [0, 0.1) is 5.92 Å². The number of rotatable bonds is 2. The van der Waals surface area contributed by atoms with Crippen LogP contribution in [0.3, 0.4) is 0 Å². The monoisotopic (exact) mass is 285 g/mol. The molecule has 1 amide bonds. The molecule has 0 aliphatic carbocycles. The van der Waals surface area contributed by atoms with Crippen LogP contribution in [0.1, 0.15) is 47.5 Å². The van der Waals surface area contributed by atoms with Crippen molar-refractivity contribution >= 4 is 6.09 Å². The average molecular weight is 285 g/mol. The zero-order chi connectivity index (χ0) is 15.0. The molecule has 0 spiro atoms. The number of carbonyl (C=O) groups is 1. The van der Waals surface area contributed by atoms with Gasteiger partial charge in [-0.1, -0.05) is 0 Å². The van der Waals surface area contributed by atoms with E-state index in [0.717, 1.165) is 26.1 Å². The van der Waals surface area contributed by atoms with Crippen LogP contribution in [-0.4, -0.2) is 48.2 Å². The highest BCUT2D eigenvalue weighted by Crippen LogP contribution is 2.33. The Morgan fingerprint density at radius 3 is 2.60 bits per heavy atom. The van der Waals surface area contributed by atoms with Gasteiger partial charge >= 0.3 is 6.09 Å². The van der Waals surface area contributed by atoms with E-state index in [2.05, 4.69) is 0 Å². The molecule has 0 saturated carbocycles. The van der Waals surface area contributed by atoms with Gasteiger partial charge in [0.05, 0.1) is 12.6 Å². The molecule has 5 nitrogen and oxygen atoms in total. The van der Waals surface area contributed by atoms with Crippen molar-refractivity contribution in [3.63, 3.8) is 0 Å². The standard InChI is InChI=1S/C15H27NO4/c1-14(2,3)20-13(17)16-12(10-19-15(16,4)5)8-11-6-7-18-9-11/h11-12H,6-10H2,1-5H3. The summed E-state index contributed by atoms with van der Waals surface area (Å²) in [5.41, 5.74) is -1.09. The summed E-state index contributed by atoms with van der Waals surface area (Å²) in [6.07, 6.45) is 1.70. The number of nitrogens with zero attached hydrogens (tertiary/aromatic N) is 1. The highest BCUT2D eigenvalue weighted by molar-refractivity contribution is 5.69. The van der Waals surface area contributed by atoms with Gasteiger partial charge in [-0.2, -0.15) is 0 Å². The van der Waals surface area contributed by atoms with Crippen molar-refractivity contribution in [2.24, 2.45) is 5.92 Å². The molecule has 2 aliphatic heterocycles. The molecular weight excluding hydrogens is 258 g/mol. The Hall–Kier alpha value is -0.810. The van der Waals surface area contributed by atoms with E-state index in [1.165, 1.54) is 0 Å². The number of amides is 1. The lowest BCUT2D eigenvalue weighted by molar-refractivity contribution is -0.0631. The minimum Gasteiger partial charge on any atom is -0.444 e. The predicted octanol–water partition coefficient (Wildman–Crippen LogP) is 2.79. The van der Waals surface area contributed by atoms with Gasteiger partial charge in [-0.25, -0.2) is 4.79 Å². The van der Waals surface area contributed by atoms with Crippen molar-refractivity contribution < 1.29 is 19.0 Å². The third-order valence-electron chi connectivity index (χ3n) is 3.79. The first kappa shape index (κ1) is 15.6. The average Bonchev–Trinajstić information content (AvgIpc) is 2.84. The predicted molar refractivity (Wildman–Crippen MR) is 75.4 cm³/mol. The topological polar surface area (TPSA) is 48.0 Å². The molecule has 5 heteroatoms. The second-order valence-corrected chi connectivity index (χ2v) is 7.23. The Morgan fingerprint density at radius 1 is 1.35 bits per heavy atom. The summed E-state index contributed by atoms with van der Waals surface area (Å²) in [5, 5.41) is 0. The fourth-order valence-electron chi connectivity index (χ4n) is 2.89. The minimum atomic E-state index is -0.605. The number of hydrogen-bond donors (Lipinski definition) is 0. The van der Waals surface area contributed by atoms with E-state index in [-0.39, 0.29) is 12.1 Å². The van der Waals surface area contributed by atoms with Gasteiger partial charge < -0.3 is 14.2 Å². The van der Waals surface area contributed by atoms with Gasteiger partial charge in [0.25, 0.3) is 0 Å². The lowest BCUT2D eigenvalue weighted by Crippen LogP contribution is -2.50. The molecule has 0 N–H and O–H groups in total. The lowest BCUT2D eigenvalue weighted by atomic mass is 9.98. The van der Waals surface area contributed by atoms with E-state index >= 15 is 0 Å². The summed E-state index contributed by atoms with van der Waals surface area (Å²) in [5.74, 6) is 0.516. The van der Waals surface area contributed by atoms with Crippen molar-refractivity contribution in [2.45, 2.75) is 64.8 Å². The molecule has 2 fully saturated rings. The molecule has 0 bridgehead atoms. The van der Waals surface area contributed by atoms with E-state index < -0.39 is 11.3 Å². The van der Waals surface area contributed by atoms with Crippen molar-refractivity contribution in [1.82, 2.24) is 4.90 Å². The molecule has 2 aliphatic rings. The Labute approximate surface area is 121 Å². The van der Waals surface area contributed by atoms with Crippen LogP contribution in [0.4, 0.5) is 4.79 Å². The number of ether oxygens (including phenoxy) is 3. The Kier molecular flexibility index (Phi) is 4.30. The van der Waals surface area contributed by atoms with Crippen LogP contribution in [0.5, 0.6) is 0 Å². The maximum Gasteiger partial charge on any atom is 0.412 e. The Bertz CT molecular complexity index is 355. The van der Waals surface area contributed by atoms with Crippen molar-refractivity contribution in [1.29, 1.82) is 0 Å². The van der Waals surface area contributed by atoms with E-state index in [4.69, 9.17) is 14.2 Å². The maximum absolute atomic E-state index is 12.5. The Morgan fingerprint density at radius 2 is 2.05 bits per heavy atom. The van der Waals surface area contributed by atoms with Gasteiger partial charge in [-0.15, -0.1) is 0 Å². The van der Waals surface area contributed by atoms with Gasteiger partial charge in [0.2, 0.25) is 0 Å². The highest BCUT2D eigenvalue weighted by atomic mass is 16.6. The second kappa shape index (κ2) is 5.53. The zero-order valence-corrected chi connectivity index (χ0v) is 13.3. The molecule has 0 aromatic heterocycles. The SMILES string of the molecule is CC(C)(C)OC(=O)N1C(CC2CCOC2)COC1(C)C. The van der Waals surface area contributed by atoms with Gasteiger partial charge in [-0.05, 0) is 53.4 Å². The quantitative estimate of drug-likeness (QED) is 0.782. The molecular formula is C15H27NO4. The van der Waals surface area contributed by atoms with Crippen LogP contribution in [0.15, 0.2) is 0 Å². The molecule has 0 aromatic carbocycles. The van der Waals surface area contributed by atoms with Gasteiger partial charge in [-0.3, -0.25) is 4.90 Å². The molecule has 2 unspecified atom stereocenters. The van der Waals surface area contributed by atoms with Gasteiger partial charge in [0.1, 0.15) is 11.3 Å². The summed E-state index contributed by atoms with van der Waals surface area (Å²) in [6, 6.07) is 0.0755. The molecule has 2 heterocycles. The van der Waals surface area contributed by atoms with E-state index in [1.807, 2.05) is 34.6 Å². The van der Waals surface area contributed by atoms with E-state index in [9.17, 15) is 4.79 Å². The molecule has 2 rings (SSSR count). The fourth-order valence-corrected chi connectivity index (χ4v) is 2.89. The molecule has 0 radical (unpaired) electrons. The first-order valence-electron chi connectivity index (χ1n) is 7.43. The van der Waals surface area contributed by atoms with Gasteiger partial charge in [0, 0.05) is 13.2 Å². The summed E-state index contributed by atoms with van der Waals surface area (Å²) < 4.78 is 16.7. The molecule has 2 atom stereocenters. The minimum absolute atomic E-state index is 0.0755. The smallest absolute Gasteiger partial charge is 0.412 e. The normalized spacial score (nSPS) is 29.8. The first-order chi connectivity index (χ1) is 9.19. The summed E-state index contributed by atoms with van der Waals surface area (Å²) >= 11 is 0. The van der Waals surface area contributed by atoms with E-state index in [1.54, 1.807) is 4.90 Å². The molecule has 20 heavy (non-hydrogen) atoms. The summed E-state index contributed by atoms with van der Waals surface area (Å²) in [6.45, 7) is 11.7. The second-order valence-electron chi connectivity index (χ2n) is 7.23. The lowest BCUT2D eigenvalue weighted by Gasteiger charge is -2.35. The fraction of sp³-hybridized carbons (Fsp3) is 0.933. The van der Waals surface area contributed by atoms with Crippen LogP contribution in [0.2, 0.25) is 0 Å². The zero-order valence-electron chi connectivity index (χ0n) is 13.3. The number of carbonyl (C=O) groups excluding carboxylic acids is 1. The van der Waals surface area contributed by atoms with Crippen LogP contribution < -0.4 is 0 Å². The van der Waals surface area contributed by atoms with Crippen LogP contribution in [-0.2, 0) is 14.2 Å². The van der Waals surface area contributed by atoms with Crippen molar-refractivity contribution in [2.75, 3.05) is 19.8 Å². The van der Waals surface area contributed by atoms with Crippen molar-refractivity contribution in [3.05, 3.63) is 0 Å². The summed E-state index contributed by atoms with van der Waals surface area (Å²) in [4.78, 5) is 14.2. The highest BCUT2D eigenvalue weighted by Gasteiger charge is 2.46. The largest absolute Gasteiger partial charge is 0.444 e. The molecule has 116 valence electrons.